The molecule has 0 aromatic heterocycles. The van der Waals surface area contributed by atoms with Gasteiger partial charge in [-0.05, 0) is 0 Å². The Labute approximate surface area is 40.9 Å². The van der Waals surface area contributed by atoms with Gasteiger partial charge in [-0.3, -0.25) is 4.79 Å². The molecule has 1 aliphatic heterocycles. The average molecular weight is 102 g/mol. The first-order chi connectivity index (χ1) is 3.33. The topological polar surface area (TPSA) is 46.5 Å². The molecule has 40 valence electrons. The minimum absolute atomic E-state index is 0.0360. The van der Waals surface area contributed by atoms with Crippen molar-refractivity contribution < 1.29 is 14.6 Å². The zero-order valence-corrected chi connectivity index (χ0v) is 3.76. The summed E-state index contributed by atoms with van der Waals surface area (Å²) >= 11 is 0. The number of aliphatic hydroxyl groups excluding tert-OH is 1. The molecule has 3 heteroatoms. The Morgan fingerprint density at radius 1 is 2.00 bits per heavy atom. The van der Waals surface area contributed by atoms with Crippen molar-refractivity contribution in [3.05, 3.63) is 0 Å². The van der Waals surface area contributed by atoms with Gasteiger partial charge >= 0.3 is 5.97 Å². The van der Waals surface area contributed by atoms with Gasteiger partial charge in [0.05, 0.1) is 13.0 Å². The van der Waals surface area contributed by atoms with Crippen LogP contribution in [-0.2, 0) is 9.53 Å². The lowest BCUT2D eigenvalue weighted by molar-refractivity contribution is -0.172. The first kappa shape index (κ1) is 4.59. The molecule has 0 saturated carbocycles. The van der Waals surface area contributed by atoms with E-state index < -0.39 is 0 Å². The molecule has 1 fully saturated rings. The Morgan fingerprint density at radius 2 is 2.57 bits per heavy atom. The first-order valence-corrected chi connectivity index (χ1v) is 2.13. The summed E-state index contributed by atoms with van der Waals surface area (Å²) in [4.78, 5) is 9.94. The van der Waals surface area contributed by atoms with Crippen LogP contribution in [0.15, 0.2) is 0 Å². The largest absolute Gasteiger partial charge is 0.459 e. The van der Waals surface area contributed by atoms with Crippen molar-refractivity contribution in [3.8, 4) is 0 Å². The lowest BCUT2D eigenvalue weighted by atomic mass is 10.2. The third kappa shape index (κ3) is 0.718. The van der Waals surface area contributed by atoms with Crippen molar-refractivity contribution in [2.75, 3.05) is 6.61 Å². The maximum Gasteiger partial charge on any atom is 0.310 e. The van der Waals surface area contributed by atoms with Gasteiger partial charge < -0.3 is 9.84 Å². The smallest absolute Gasteiger partial charge is 0.310 e. The molecule has 0 bridgehead atoms. The molecule has 1 rings (SSSR count). The highest BCUT2D eigenvalue weighted by atomic mass is 16.6. The van der Waals surface area contributed by atoms with E-state index in [0.717, 1.165) is 0 Å². The molecule has 1 heterocycles. The number of hydrogen-bond donors (Lipinski definition) is 1. The van der Waals surface area contributed by atoms with Crippen LogP contribution < -0.4 is 0 Å². The molecular weight excluding hydrogens is 96.0 g/mol. The highest BCUT2D eigenvalue weighted by Gasteiger charge is 2.26. The van der Waals surface area contributed by atoms with Crippen LogP contribution in [0.25, 0.3) is 0 Å². The van der Waals surface area contributed by atoms with Gasteiger partial charge in [0.15, 0.2) is 0 Å². The minimum Gasteiger partial charge on any atom is -0.459 e. The lowest BCUT2D eigenvalue weighted by Gasteiger charge is -2.22. The van der Waals surface area contributed by atoms with Crippen LogP contribution in [0.2, 0.25) is 0 Å². The number of esters is 1. The van der Waals surface area contributed by atoms with Gasteiger partial charge in [0.25, 0.3) is 0 Å². The summed E-state index contributed by atoms with van der Waals surface area (Å²) in [6.45, 7) is -0.0360. The van der Waals surface area contributed by atoms with Crippen molar-refractivity contribution in [2.24, 2.45) is 0 Å². The number of ether oxygens (including phenoxy) is 1. The first-order valence-electron chi connectivity index (χ1n) is 2.13. The number of cyclic esters (lactones) is 1. The van der Waals surface area contributed by atoms with Gasteiger partial charge in [0.1, 0.15) is 6.10 Å². The van der Waals surface area contributed by atoms with E-state index in [0.29, 0.717) is 6.42 Å². The van der Waals surface area contributed by atoms with E-state index in [4.69, 9.17) is 5.11 Å². The second-order valence-electron chi connectivity index (χ2n) is 1.50. The molecule has 0 aromatic carbocycles. The summed E-state index contributed by atoms with van der Waals surface area (Å²) in [7, 11) is 0. The van der Waals surface area contributed by atoms with Crippen molar-refractivity contribution in [1.29, 1.82) is 0 Å². The molecule has 0 unspecified atom stereocenters. The van der Waals surface area contributed by atoms with Crippen molar-refractivity contribution in [1.82, 2.24) is 0 Å². The van der Waals surface area contributed by atoms with E-state index in [9.17, 15) is 4.79 Å². The molecule has 0 amide bonds. The second kappa shape index (κ2) is 1.50. The predicted molar refractivity (Wildman–Crippen MR) is 21.6 cm³/mol. The molecule has 0 radical (unpaired) electrons. The van der Waals surface area contributed by atoms with Gasteiger partial charge in [-0.2, -0.15) is 0 Å². The van der Waals surface area contributed by atoms with Crippen molar-refractivity contribution in [2.45, 2.75) is 12.5 Å². The molecule has 7 heavy (non-hydrogen) atoms. The van der Waals surface area contributed by atoms with E-state index in [1.165, 1.54) is 0 Å². The molecule has 1 saturated heterocycles. The molecule has 1 N–H and O–H groups in total. The number of rotatable bonds is 1. The zero-order valence-electron chi connectivity index (χ0n) is 3.76. The summed E-state index contributed by atoms with van der Waals surface area (Å²) in [5.74, 6) is -0.209. The molecule has 1 aliphatic rings. The van der Waals surface area contributed by atoms with Crippen LogP contribution in [0, 0.1) is 0 Å². The van der Waals surface area contributed by atoms with Crippen LogP contribution >= 0.6 is 0 Å². The Hall–Kier alpha value is -0.570. The molecule has 1 atom stereocenters. The normalized spacial score (nSPS) is 28.7. The Kier molecular flexibility index (Phi) is 0.982. The van der Waals surface area contributed by atoms with E-state index in [-0.39, 0.29) is 18.7 Å². The van der Waals surface area contributed by atoms with Gasteiger partial charge in [0.2, 0.25) is 0 Å². The Bertz CT molecular complexity index is 80.9. The summed E-state index contributed by atoms with van der Waals surface area (Å²) in [6, 6.07) is 0. The number of aliphatic hydroxyl groups is 1. The fourth-order valence-corrected chi connectivity index (χ4v) is 0.464. The summed E-state index contributed by atoms with van der Waals surface area (Å²) in [6.07, 6.45) is 0.184. The number of hydrogen-bond acceptors (Lipinski definition) is 3. The third-order valence-corrected chi connectivity index (χ3v) is 0.896. The molecule has 0 aromatic rings. The van der Waals surface area contributed by atoms with Crippen LogP contribution in [0.5, 0.6) is 0 Å². The van der Waals surface area contributed by atoms with Gasteiger partial charge in [-0.1, -0.05) is 0 Å². The van der Waals surface area contributed by atoms with Crippen LogP contribution in [0.4, 0.5) is 0 Å². The minimum atomic E-state index is -0.209. The third-order valence-electron chi connectivity index (χ3n) is 0.896. The fraction of sp³-hybridized carbons (Fsp3) is 0.750. The van der Waals surface area contributed by atoms with Gasteiger partial charge in [-0.25, -0.2) is 0 Å². The molecule has 3 nitrogen and oxygen atoms in total. The summed E-state index contributed by atoms with van der Waals surface area (Å²) in [5.41, 5.74) is 0. The highest BCUT2D eigenvalue weighted by molar-refractivity contribution is 5.75. The van der Waals surface area contributed by atoms with Crippen molar-refractivity contribution >= 4 is 5.97 Å². The molecule has 0 aliphatic carbocycles. The Balaban J connectivity index is 2.17. The van der Waals surface area contributed by atoms with E-state index in [1.54, 1.807) is 0 Å². The van der Waals surface area contributed by atoms with E-state index in [1.807, 2.05) is 0 Å². The summed E-state index contributed by atoms with van der Waals surface area (Å²) < 4.78 is 4.40. The van der Waals surface area contributed by atoms with Crippen molar-refractivity contribution in [3.63, 3.8) is 0 Å². The van der Waals surface area contributed by atoms with Crippen LogP contribution in [-0.4, -0.2) is 23.8 Å². The highest BCUT2D eigenvalue weighted by Crippen LogP contribution is 2.10. The van der Waals surface area contributed by atoms with Crippen LogP contribution in [0.3, 0.4) is 0 Å². The SMILES string of the molecule is O=C1C[C@H](CO)O1. The zero-order chi connectivity index (χ0) is 5.28. The maximum atomic E-state index is 9.94. The van der Waals surface area contributed by atoms with Gasteiger partial charge in [-0.15, -0.1) is 0 Å². The lowest BCUT2D eigenvalue weighted by Crippen LogP contribution is -2.35. The fourth-order valence-electron chi connectivity index (χ4n) is 0.464. The van der Waals surface area contributed by atoms with Gasteiger partial charge in [0, 0.05) is 0 Å². The quantitative estimate of drug-likeness (QED) is 0.445. The number of carbonyl (C=O) groups excluding carboxylic acids is 1. The van der Waals surface area contributed by atoms with E-state index in [2.05, 4.69) is 4.74 Å². The standard InChI is InChI=1S/C4H6O3/c5-2-3-1-4(6)7-3/h3,5H,1-2H2/t3-/m1/s1. The molecule has 0 spiro atoms. The van der Waals surface area contributed by atoms with E-state index >= 15 is 0 Å². The number of carbonyl (C=O) groups is 1. The molecular formula is C4H6O3. The Morgan fingerprint density at radius 3 is 2.71 bits per heavy atom. The summed E-state index contributed by atoms with van der Waals surface area (Å²) in [5, 5.41) is 8.23. The predicted octanol–water partition coefficient (Wildman–Crippen LogP) is -0.706. The monoisotopic (exact) mass is 102 g/mol. The second-order valence-corrected chi connectivity index (χ2v) is 1.50. The van der Waals surface area contributed by atoms with Crippen LogP contribution in [0.1, 0.15) is 6.42 Å². The average Bonchev–Trinajstić information content (AvgIpc) is 1.58. The maximum absolute atomic E-state index is 9.94.